The summed E-state index contributed by atoms with van der Waals surface area (Å²) in [5.41, 5.74) is -1.75. The highest BCUT2D eigenvalue weighted by Gasteiger charge is 2.24. The van der Waals surface area contributed by atoms with Crippen molar-refractivity contribution < 1.29 is 35.1 Å². The molecule has 0 atom stereocenters. The van der Waals surface area contributed by atoms with Gasteiger partial charge in [-0.25, -0.2) is 31.9 Å². The smallest absolute Gasteiger partial charge is 0.236 e. The number of halogens is 8. The first-order valence-corrected chi connectivity index (χ1v) is 11.2. The Kier molecular flexibility index (Phi) is 7.49. The topological polar surface area (TPSA) is 25.8 Å². The number of rotatable bonds is 5. The predicted molar refractivity (Wildman–Crippen MR) is 125 cm³/mol. The van der Waals surface area contributed by atoms with Crippen LogP contribution in [0.3, 0.4) is 0 Å². The van der Waals surface area contributed by atoms with Gasteiger partial charge in [-0.05, 0) is 53.4 Å². The standard InChI is InChI=1S/C28H16F8N2/c1-2-3-15-13-37-27(38-14-15)16-4-5-19(21(29)8-16)17-9-24(32)26(25(33)10-17)18-11-22(30)20(23(31)12-18)6-7-28(34,35)36/h4-5,8-14H,2-3H2,1H3. The largest absolute Gasteiger partial charge is 0.458 e. The third-order valence-electron chi connectivity index (χ3n) is 5.48. The van der Waals surface area contributed by atoms with Gasteiger partial charge in [-0.2, -0.15) is 13.2 Å². The molecule has 2 nitrogen and oxygen atoms in total. The van der Waals surface area contributed by atoms with Crippen molar-refractivity contribution in [2.75, 3.05) is 0 Å². The summed E-state index contributed by atoms with van der Waals surface area (Å²) in [4.78, 5) is 8.41. The molecule has 0 saturated carbocycles. The third-order valence-corrected chi connectivity index (χ3v) is 5.48. The molecule has 0 amide bonds. The van der Waals surface area contributed by atoms with Gasteiger partial charge in [0.05, 0.1) is 11.1 Å². The molecular weight excluding hydrogens is 516 g/mol. The van der Waals surface area contributed by atoms with Crippen LogP contribution in [0.15, 0.2) is 54.9 Å². The van der Waals surface area contributed by atoms with Crippen LogP contribution in [0.5, 0.6) is 0 Å². The summed E-state index contributed by atoms with van der Waals surface area (Å²) in [6.07, 6.45) is -0.0457. The number of aromatic nitrogens is 2. The predicted octanol–water partition coefficient (Wildman–Crippen LogP) is 8.04. The minimum absolute atomic E-state index is 0.157. The summed E-state index contributed by atoms with van der Waals surface area (Å²) in [7, 11) is 0. The van der Waals surface area contributed by atoms with Crippen molar-refractivity contribution in [3.05, 3.63) is 95.1 Å². The highest BCUT2D eigenvalue weighted by Crippen LogP contribution is 2.34. The van der Waals surface area contributed by atoms with Gasteiger partial charge < -0.3 is 0 Å². The van der Waals surface area contributed by atoms with Crippen LogP contribution in [-0.4, -0.2) is 16.1 Å². The van der Waals surface area contributed by atoms with E-state index in [2.05, 4.69) is 9.97 Å². The first-order chi connectivity index (χ1) is 18.0. The van der Waals surface area contributed by atoms with E-state index >= 15 is 0 Å². The Morgan fingerprint density at radius 3 is 1.79 bits per heavy atom. The maximum Gasteiger partial charge on any atom is 0.458 e. The maximum absolute atomic E-state index is 14.9. The Bertz CT molecular complexity index is 1520. The molecule has 1 aromatic heterocycles. The molecule has 0 unspecified atom stereocenters. The lowest BCUT2D eigenvalue weighted by Gasteiger charge is -2.11. The zero-order chi connectivity index (χ0) is 27.6. The van der Waals surface area contributed by atoms with Gasteiger partial charge in [0.25, 0.3) is 0 Å². The average molecular weight is 532 g/mol. The Morgan fingerprint density at radius 2 is 1.26 bits per heavy atom. The van der Waals surface area contributed by atoms with E-state index in [1.54, 1.807) is 12.4 Å². The van der Waals surface area contributed by atoms with Crippen molar-refractivity contribution in [2.24, 2.45) is 0 Å². The van der Waals surface area contributed by atoms with Crippen molar-refractivity contribution in [3.8, 4) is 45.5 Å². The molecule has 0 aliphatic heterocycles. The van der Waals surface area contributed by atoms with Crippen LogP contribution in [0.1, 0.15) is 24.5 Å². The van der Waals surface area contributed by atoms with Crippen LogP contribution >= 0.6 is 0 Å². The van der Waals surface area contributed by atoms with E-state index < -0.39 is 52.0 Å². The van der Waals surface area contributed by atoms with E-state index in [1.165, 1.54) is 18.1 Å². The van der Waals surface area contributed by atoms with Crippen LogP contribution in [0, 0.1) is 40.9 Å². The van der Waals surface area contributed by atoms with Gasteiger partial charge in [-0.3, -0.25) is 0 Å². The maximum atomic E-state index is 14.9. The van der Waals surface area contributed by atoms with E-state index in [1.807, 2.05) is 6.92 Å². The van der Waals surface area contributed by atoms with Crippen LogP contribution in [0.25, 0.3) is 33.6 Å². The fraction of sp³-hybridized carbons (Fsp3) is 0.143. The quantitative estimate of drug-likeness (QED) is 0.192. The fourth-order valence-electron chi connectivity index (χ4n) is 3.78. The first kappa shape index (κ1) is 26.8. The molecule has 10 heteroatoms. The summed E-state index contributed by atoms with van der Waals surface area (Å²) in [6.45, 7) is 2.00. The highest BCUT2D eigenvalue weighted by molar-refractivity contribution is 5.74. The molecule has 0 fully saturated rings. The van der Waals surface area contributed by atoms with Gasteiger partial charge in [-0.1, -0.05) is 31.4 Å². The van der Waals surface area contributed by atoms with Crippen molar-refractivity contribution in [1.82, 2.24) is 9.97 Å². The Balaban J connectivity index is 1.68. The van der Waals surface area contributed by atoms with Gasteiger partial charge in [0, 0.05) is 29.4 Å². The molecule has 0 saturated heterocycles. The van der Waals surface area contributed by atoms with Gasteiger partial charge in [0.15, 0.2) is 5.82 Å². The molecule has 194 valence electrons. The van der Waals surface area contributed by atoms with E-state index in [0.717, 1.165) is 42.5 Å². The number of nitrogens with zero attached hydrogens (tertiary/aromatic N) is 2. The number of hydrogen-bond donors (Lipinski definition) is 0. The molecule has 4 rings (SSSR count). The summed E-state index contributed by atoms with van der Waals surface area (Å²) < 4.78 is 110. The van der Waals surface area contributed by atoms with E-state index in [0.29, 0.717) is 17.7 Å². The van der Waals surface area contributed by atoms with E-state index in [4.69, 9.17) is 0 Å². The lowest BCUT2D eigenvalue weighted by Crippen LogP contribution is -2.03. The summed E-state index contributed by atoms with van der Waals surface area (Å²) >= 11 is 0. The van der Waals surface area contributed by atoms with Gasteiger partial charge in [0.1, 0.15) is 29.1 Å². The molecule has 1 heterocycles. The number of benzene rings is 3. The molecule has 0 spiro atoms. The van der Waals surface area contributed by atoms with Crippen molar-refractivity contribution in [2.45, 2.75) is 25.9 Å². The number of alkyl halides is 3. The minimum atomic E-state index is -4.99. The number of aryl methyl sites for hydroxylation is 1. The molecule has 0 N–H and O–H groups in total. The van der Waals surface area contributed by atoms with Crippen molar-refractivity contribution >= 4 is 0 Å². The van der Waals surface area contributed by atoms with Crippen LogP contribution in [0.2, 0.25) is 0 Å². The van der Waals surface area contributed by atoms with Crippen molar-refractivity contribution in [1.29, 1.82) is 0 Å². The molecular formula is C28H16F8N2. The average Bonchev–Trinajstić information content (AvgIpc) is 2.83. The van der Waals surface area contributed by atoms with Crippen LogP contribution in [-0.2, 0) is 6.42 Å². The summed E-state index contributed by atoms with van der Waals surface area (Å²) in [5.74, 6) is -4.12. The van der Waals surface area contributed by atoms with Gasteiger partial charge >= 0.3 is 6.18 Å². The second kappa shape index (κ2) is 10.6. The minimum Gasteiger partial charge on any atom is -0.236 e. The van der Waals surface area contributed by atoms with Crippen LogP contribution in [0.4, 0.5) is 35.1 Å². The monoisotopic (exact) mass is 532 g/mol. The SMILES string of the molecule is CCCc1cnc(-c2ccc(-c3cc(F)c(-c4cc(F)c(C#CC(F)(F)F)c(F)c4)c(F)c3)c(F)c2)nc1. The molecule has 38 heavy (non-hydrogen) atoms. The van der Waals surface area contributed by atoms with Crippen LogP contribution < -0.4 is 0 Å². The molecule has 0 bridgehead atoms. The summed E-state index contributed by atoms with van der Waals surface area (Å²) in [6, 6.07) is 6.36. The normalized spacial score (nSPS) is 11.3. The molecule has 0 aliphatic carbocycles. The van der Waals surface area contributed by atoms with Crippen molar-refractivity contribution in [3.63, 3.8) is 0 Å². The van der Waals surface area contributed by atoms with Gasteiger partial charge in [-0.15, -0.1) is 0 Å². The highest BCUT2D eigenvalue weighted by atomic mass is 19.4. The second-order valence-corrected chi connectivity index (χ2v) is 8.24. The van der Waals surface area contributed by atoms with E-state index in [9.17, 15) is 35.1 Å². The zero-order valence-corrected chi connectivity index (χ0v) is 19.5. The molecule has 0 aliphatic rings. The second-order valence-electron chi connectivity index (χ2n) is 8.24. The number of hydrogen-bond acceptors (Lipinski definition) is 2. The van der Waals surface area contributed by atoms with Gasteiger partial charge in [0.2, 0.25) is 0 Å². The lowest BCUT2D eigenvalue weighted by molar-refractivity contribution is -0.0696. The Morgan fingerprint density at radius 1 is 0.711 bits per heavy atom. The molecule has 3 aromatic carbocycles. The fourth-order valence-corrected chi connectivity index (χ4v) is 3.78. The van der Waals surface area contributed by atoms with E-state index in [-0.39, 0.29) is 17.0 Å². The Hall–Kier alpha value is -4.26. The molecule has 0 radical (unpaired) electrons. The molecule has 4 aromatic rings. The third kappa shape index (κ3) is 5.83. The zero-order valence-electron chi connectivity index (χ0n) is 19.5. The first-order valence-electron chi connectivity index (χ1n) is 11.2. The lowest BCUT2D eigenvalue weighted by atomic mass is 9.97. The Labute approximate surface area is 212 Å². The summed E-state index contributed by atoms with van der Waals surface area (Å²) in [5, 5.41) is 0.